The van der Waals surface area contributed by atoms with Crippen molar-refractivity contribution in [3.05, 3.63) is 30.1 Å². The summed E-state index contributed by atoms with van der Waals surface area (Å²) in [5, 5.41) is 10.2. The summed E-state index contributed by atoms with van der Waals surface area (Å²) in [7, 11) is 0. The fourth-order valence-corrected chi connectivity index (χ4v) is 2.56. The van der Waals surface area contributed by atoms with Crippen LogP contribution in [-0.4, -0.2) is 66.9 Å². The van der Waals surface area contributed by atoms with Crippen LogP contribution >= 0.6 is 0 Å². The average Bonchev–Trinajstić information content (AvgIpc) is 2.50. The first kappa shape index (κ1) is 18.2. The Hall–Kier alpha value is -1.17. The van der Waals surface area contributed by atoms with Gasteiger partial charge in [-0.15, -0.1) is 0 Å². The van der Waals surface area contributed by atoms with Crippen molar-refractivity contribution in [1.82, 2.24) is 9.80 Å². The van der Waals surface area contributed by atoms with E-state index in [0.717, 1.165) is 39.3 Å². The van der Waals surface area contributed by atoms with Crippen LogP contribution in [0.1, 0.15) is 20.8 Å². The Morgan fingerprint density at radius 2 is 1.74 bits per heavy atom. The second-order valence-corrected chi connectivity index (χ2v) is 7.30. The van der Waals surface area contributed by atoms with Gasteiger partial charge in [-0.25, -0.2) is 4.39 Å². The Kier molecular flexibility index (Phi) is 6.39. The number of ether oxygens (including phenoxy) is 1. The Bertz CT molecular complexity index is 482. The molecule has 0 spiro atoms. The second-order valence-electron chi connectivity index (χ2n) is 7.30. The summed E-state index contributed by atoms with van der Waals surface area (Å²) in [6.45, 7) is 12.0. The molecule has 1 heterocycles. The number of benzene rings is 1. The number of piperazine rings is 1. The monoisotopic (exact) mass is 324 g/mol. The predicted octanol–water partition coefficient (Wildman–Crippen LogP) is 2.23. The molecule has 1 aromatic rings. The highest BCUT2D eigenvalue weighted by molar-refractivity contribution is 5.23. The summed E-state index contributed by atoms with van der Waals surface area (Å²) in [6, 6.07) is 6.50. The highest BCUT2D eigenvalue weighted by atomic mass is 19.1. The lowest BCUT2D eigenvalue weighted by Gasteiger charge is -2.37. The van der Waals surface area contributed by atoms with Gasteiger partial charge in [0.1, 0.15) is 6.61 Å². The molecule has 0 bridgehead atoms. The number of hydrogen-bond donors (Lipinski definition) is 1. The Morgan fingerprint density at radius 1 is 1.13 bits per heavy atom. The van der Waals surface area contributed by atoms with Crippen LogP contribution < -0.4 is 4.74 Å². The van der Waals surface area contributed by atoms with Gasteiger partial charge in [-0.2, -0.15) is 0 Å². The van der Waals surface area contributed by atoms with Gasteiger partial charge in [-0.3, -0.25) is 9.80 Å². The maximum atomic E-state index is 13.5. The Balaban J connectivity index is 1.66. The molecule has 0 amide bonds. The molecular weight excluding hydrogens is 295 g/mol. The molecule has 0 aliphatic carbocycles. The number of para-hydroxylation sites is 1. The topological polar surface area (TPSA) is 35.9 Å². The van der Waals surface area contributed by atoms with Crippen LogP contribution in [0, 0.1) is 11.2 Å². The fourth-order valence-electron chi connectivity index (χ4n) is 2.56. The number of halogens is 1. The van der Waals surface area contributed by atoms with Crippen molar-refractivity contribution in [2.24, 2.45) is 5.41 Å². The van der Waals surface area contributed by atoms with E-state index >= 15 is 0 Å². The highest BCUT2D eigenvalue weighted by Gasteiger charge is 2.26. The summed E-state index contributed by atoms with van der Waals surface area (Å²) in [6.07, 6.45) is -0.307. The van der Waals surface area contributed by atoms with E-state index in [0.29, 0.717) is 12.4 Å². The van der Waals surface area contributed by atoms with Crippen molar-refractivity contribution in [2.75, 3.05) is 45.9 Å². The van der Waals surface area contributed by atoms with E-state index < -0.39 is 0 Å². The molecule has 1 aliphatic heterocycles. The normalized spacial score (nSPS) is 18.8. The molecule has 1 aromatic carbocycles. The minimum atomic E-state index is -0.312. The summed E-state index contributed by atoms with van der Waals surface area (Å²) >= 11 is 0. The SMILES string of the molecule is CC(C)(C)[C@@H](O)CN1CCN(CCOc2ccccc2F)CC1. The molecule has 2 rings (SSSR count). The van der Waals surface area contributed by atoms with Crippen LogP contribution in [0.5, 0.6) is 5.75 Å². The Labute approximate surface area is 138 Å². The molecular formula is C18H29FN2O2. The molecule has 1 saturated heterocycles. The van der Waals surface area contributed by atoms with Gasteiger partial charge in [0.15, 0.2) is 11.6 Å². The number of nitrogens with zero attached hydrogens (tertiary/aromatic N) is 2. The number of hydrogen-bond acceptors (Lipinski definition) is 4. The lowest BCUT2D eigenvalue weighted by molar-refractivity contribution is 0.0122. The molecule has 23 heavy (non-hydrogen) atoms. The van der Waals surface area contributed by atoms with Gasteiger partial charge in [0.05, 0.1) is 6.10 Å². The molecule has 1 N–H and O–H groups in total. The smallest absolute Gasteiger partial charge is 0.165 e. The number of β-amino-alcohol motifs (C(OH)–C–C–N with tert-alkyl or cyclic N) is 1. The zero-order valence-electron chi connectivity index (χ0n) is 14.5. The van der Waals surface area contributed by atoms with Gasteiger partial charge in [0, 0.05) is 39.3 Å². The average molecular weight is 324 g/mol. The van der Waals surface area contributed by atoms with Gasteiger partial charge < -0.3 is 9.84 Å². The second kappa shape index (κ2) is 8.08. The summed E-state index contributed by atoms with van der Waals surface area (Å²) in [4.78, 5) is 4.63. The first-order chi connectivity index (χ1) is 10.9. The van der Waals surface area contributed by atoms with Crippen LogP contribution in [-0.2, 0) is 0 Å². The van der Waals surface area contributed by atoms with Gasteiger partial charge in [0.2, 0.25) is 0 Å². The standard InChI is InChI=1S/C18H29FN2O2/c1-18(2,3)17(22)14-21-10-8-20(9-11-21)12-13-23-16-7-5-4-6-15(16)19/h4-7,17,22H,8-14H2,1-3H3/t17-/m0/s1. The van der Waals surface area contributed by atoms with Crippen LogP contribution in [0.4, 0.5) is 4.39 Å². The van der Waals surface area contributed by atoms with Crippen molar-refractivity contribution < 1.29 is 14.2 Å². The molecule has 0 aromatic heterocycles. The zero-order valence-corrected chi connectivity index (χ0v) is 14.5. The van der Waals surface area contributed by atoms with E-state index in [9.17, 15) is 9.50 Å². The summed E-state index contributed by atoms with van der Waals surface area (Å²) in [5.74, 6) is 0.00734. The molecule has 5 heteroatoms. The van der Waals surface area contributed by atoms with Crippen molar-refractivity contribution in [2.45, 2.75) is 26.9 Å². The van der Waals surface area contributed by atoms with Gasteiger partial charge in [-0.1, -0.05) is 32.9 Å². The van der Waals surface area contributed by atoms with E-state index in [1.807, 2.05) is 0 Å². The summed E-state index contributed by atoms with van der Waals surface area (Å²) in [5.41, 5.74) is -0.0786. The fraction of sp³-hybridized carbons (Fsp3) is 0.667. The lowest BCUT2D eigenvalue weighted by atomic mass is 9.89. The molecule has 1 atom stereocenters. The minimum Gasteiger partial charge on any atom is -0.489 e. The van der Waals surface area contributed by atoms with E-state index in [1.54, 1.807) is 18.2 Å². The van der Waals surface area contributed by atoms with Crippen molar-refractivity contribution >= 4 is 0 Å². The molecule has 1 fully saturated rings. The summed E-state index contributed by atoms with van der Waals surface area (Å²) < 4.78 is 19.0. The molecule has 130 valence electrons. The zero-order chi connectivity index (χ0) is 16.9. The molecule has 0 radical (unpaired) electrons. The van der Waals surface area contributed by atoms with Crippen LogP contribution in [0.3, 0.4) is 0 Å². The van der Waals surface area contributed by atoms with E-state index in [-0.39, 0.29) is 17.3 Å². The van der Waals surface area contributed by atoms with Crippen LogP contribution in [0.25, 0.3) is 0 Å². The maximum Gasteiger partial charge on any atom is 0.165 e. The molecule has 4 nitrogen and oxygen atoms in total. The van der Waals surface area contributed by atoms with Crippen molar-refractivity contribution in [3.8, 4) is 5.75 Å². The van der Waals surface area contributed by atoms with Gasteiger partial charge in [0.25, 0.3) is 0 Å². The van der Waals surface area contributed by atoms with Crippen LogP contribution in [0.15, 0.2) is 24.3 Å². The van der Waals surface area contributed by atoms with Crippen molar-refractivity contribution in [3.63, 3.8) is 0 Å². The molecule has 1 aliphatic rings. The first-order valence-electron chi connectivity index (χ1n) is 8.36. The third kappa shape index (κ3) is 5.75. The molecule has 0 saturated carbocycles. The minimum absolute atomic E-state index is 0.0786. The molecule has 0 unspecified atom stereocenters. The third-order valence-corrected chi connectivity index (χ3v) is 4.40. The first-order valence-corrected chi connectivity index (χ1v) is 8.36. The van der Waals surface area contributed by atoms with Gasteiger partial charge in [-0.05, 0) is 17.5 Å². The largest absolute Gasteiger partial charge is 0.489 e. The predicted molar refractivity (Wildman–Crippen MR) is 90.2 cm³/mol. The van der Waals surface area contributed by atoms with Crippen LogP contribution in [0.2, 0.25) is 0 Å². The van der Waals surface area contributed by atoms with E-state index in [2.05, 4.69) is 30.6 Å². The van der Waals surface area contributed by atoms with Crippen molar-refractivity contribution in [1.29, 1.82) is 0 Å². The highest BCUT2D eigenvalue weighted by Crippen LogP contribution is 2.20. The quantitative estimate of drug-likeness (QED) is 0.870. The third-order valence-electron chi connectivity index (χ3n) is 4.40. The van der Waals surface area contributed by atoms with Gasteiger partial charge >= 0.3 is 0 Å². The van der Waals surface area contributed by atoms with E-state index in [1.165, 1.54) is 6.07 Å². The number of aliphatic hydroxyl groups excluding tert-OH is 1. The number of aliphatic hydroxyl groups is 1. The maximum absolute atomic E-state index is 13.5. The Morgan fingerprint density at radius 3 is 2.35 bits per heavy atom. The lowest BCUT2D eigenvalue weighted by Crippen LogP contribution is -2.50. The van der Waals surface area contributed by atoms with E-state index in [4.69, 9.17) is 4.74 Å². The number of rotatable bonds is 6.